The van der Waals surface area contributed by atoms with Gasteiger partial charge in [-0.3, -0.25) is 9.59 Å². The largest absolute Gasteiger partial charge is 0.452 e. The predicted octanol–water partition coefficient (Wildman–Crippen LogP) is 1.67. The molecule has 0 spiro atoms. The number of ether oxygens (including phenoxy) is 1. The van der Waals surface area contributed by atoms with E-state index in [2.05, 4.69) is 10.6 Å². The lowest BCUT2D eigenvalue weighted by atomic mass is 10.2. The Balaban J connectivity index is 2.46. The van der Waals surface area contributed by atoms with Crippen LogP contribution in [0.15, 0.2) is 18.2 Å². The Bertz CT molecular complexity index is 595. The van der Waals surface area contributed by atoms with Crippen LogP contribution in [-0.4, -0.2) is 37.0 Å². The van der Waals surface area contributed by atoms with E-state index in [-0.39, 0.29) is 16.5 Å². The van der Waals surface area contributed by atoms with Gasteiger partial charge >= 0.3 is 5.97 Å². The molecule has 0 aromatic heterocycles. The number of carbonyl (C=O) groups is 3. The Hall–Kier alpha value is -2.15. The van der Waals surface area contributed by atoms with Gasteiger partial charge in [-0.25, -0.2) is 9.18 Å². The van der Waals surface area contributed by atoms with Crippen molar-refractivity contribution in [3.63, 3.8) is 0 Å². The van der Waals surface area contributed by atoms with E-state index in [1.807, 2.05) is 6.92 Å². The Kier molecular flexibility index (Phi) is 7.47. The molecule has 0 radical (unpaired) electrons. The highest BCUT2D eigenvalue weighted by Crippen LogP contribution is 2.15. The zero-order valence-corrected chi connectivity index (χ0v) is 13.6. The summed E-state index contributed by atoms with van der Waals surface area (Å²) in [6.45, 7) is 3.29. The van der Waals surface area contributed by atoms with Gasteiger partial charge in [-0.1, -0.05) is 18.5 Å². The predicted molar refractivity (Wildman–Crippen MR) is 82.6 cm³/mol. The number of rotatable bonds is 7. The van der Waals surface area contributed by atoms with Gasteiger partial charge in [0.1, 0.15) is 11.9 Å². The zero-order valence-electron chi connectivity index (χ0n) is 12.8. The Morgan fingerprint density at radius 2 is 2.04 bits per heavy atom. The number of hydrogen-bond acceptors (Lipinski definition) is 4. The van der Waals surface area contributed by atoms with E-state index in [1.165, 1.54) is 19.1 Å². The number of nitrogens with one attached hydrogen (secondary N) is 2. The van der Waals surface area contributed by atoms with Gasteiger partial charge in [0, 0.05) is 11.6 Å². The summed E-state index contributed by atoms with van der Waals surface area (Å²) in [6.07, 6.45) is 0.774. The van der Waals surface area contributed by atoms with Crippen molar-refractivity contribution >= 4 is 29.4 Å². The maximum Gasteiger partial charge on any atom is 0.341 e. The van der Waals surface area contributed by atoms with E-state index in [0.717, 1.165) is 12.5 Å². The molecule has 8 heteroatoms. The second-order valence-electron chi connectivity index (χ2n) is 4.78. The number of esters is 1. The maximum absolute atomic E-state index is 13.5. The van der Waals surface area contributed by atoms with Gasteiger partial charge in [0.2, 0.25) is 5.91 Å². The molecule has 126 valence electrons. The zero-order chi connectivity index (χ0) is 17.4. The molecule has 1 aromatic carbocycles. The molecular weight excluding hydrogens is 327 g/mol. The summed E-state index contributed by atoms with van der Waals surface area (Å²) in [5, 5.41) is 5.14. The molecule has 23 heavy (non-hydrogen) atoms. The molecule has 0 aliphatic heterocycles. The summed E-state index contributed by atoms with van der Waals surface area (Å²) in [5.41, 5.74) is -0.323. The summed E-state index contributed by atoms with van der Waals surface area (Å²) in [6, 6.07) is 2.71. The molecular formula is C15H18ClFN2O4. The number of halogens is 2. The third-order valence-electron chi connectivity index (χ3n) is 2.81. The fourth-order valence-corrected chi connectivity index (χ4v) is 1.77. The minimum atomic E-state index is -0.989. The van der Waals surface area contributed by atoms with Crippen LogP contribution >= 0.6 is 11.6 Å². The van der Waals surface area contributed by atoms with Gasteiger partial charge in [-0.05, 0) is 31.5 Å². The van der Waals surface area contributed by atoms with Crippen molar-refractivity contribution < 1.29 is 23.5 Å². The molecule has 6 nitrogen and oxygen atoms in total. The molecule has 0 fully saturated rings. The molecule has 2 amide bonds. The monoisotopic (exact) mass is 344 g/mol. The summed E-state index contributed by atoms with van der Waals surface area (Å²) < 4.78 is 18.2. The quantitative estimate of drug-likeness (QED) is 0.737. The highest BCUT2D eigenvalue weighted by Gasteiger charge is 2.18. The molecule has 1 aromatic rings. The second-order valence-corrected chi connectivity index (χ2v) is 5.22. The summed E-state index contributed by atoms with van der Waals surface area (Å²) >= 11 is 5.58. The first-order valence-corrected chi connectivity index (χ1v) is 7.42. The third kappa shape index (κ3) is 6.23. The highest BCUT2D eigenvalue weighted by atomic mass is 35.5. The molecule has 1 rings (SSSR count). The van der Waals surface area contributed by atoms with Crippen molar-refractivity contribution in [3.05, 3.63) is 34.6 Å². The molecule has 0 aliphatic carbocycles. The second kappa shape index (κ2) is 9.09. The van der Waals surface area contributed by atoms with E-state index in [0.29, 0.717) is 6.54 Å². The fraction of sp³-hybridized carbons (Fsp3) is 0.400. The van der Waals surface area contributed by atoms with E-state index >= 15 is 0 Å². The SMILES string of the molecule is CCCNC(=O)[C@H](C)NC(=O)COC(=O)c1ccc(Cl)cc1F. The lowest BCUT2D eigenvalue weighted by molar-refractivity contribution is -0.130. The average molecular weight is 345 g/mol. The van der Waals surface area contributed by atoms with Gasteiger partial charge in [0.05, 0.1) is 5.56 Å². The molecule has 0 saturated heterocycles. The number of carbonyl (C=O) groups excluding carboxylic acids is 3. The van der Waals surface area contributed by atoms with Crippen LogP contribution in [0.5, 0.6) is 0 Å². The molecule has 2 N–H and O–H groups in total. The van der Waals surface area contributed by atoms with Gasteiger partial charge < -0.3 is 15.4 Å². The smallest absolute Gasteiger partial charge is 0.341 e. The van der Waals surface area contributed by atoms with E-state index in [1.54, 1.807) is 0 Å². The van der Waals surface area contributed by atoms with Gasteiger partial charge in [-0.2, -0.15) is 0 Å². The lowest BCUT2D eigenvalue weighted by Gasteiger charge is -2.13. The van der Waals surface area contributed by atoms with Crippen LogP contribution < -0.4 is 10.6 Å². The minimum absolute atomic E-state index is 0.142. The van der Waals surface area contributed by atoms with Gasteiger partial charge in [0.15, 0.2) is 6.61 Å². The van der Waals surface area contributed by atoms with Crippen LogP contribution in [0.1, 0.15) is 30.6 Å². The molecule has 0 heterocycles. The molecule has 1 atom stereocenters. The van der Waals surface area contributed by atoms with Crippen molar-refractivity contribution in [3.8, 4) is 0 Å². The van der Waals surface area contributed by atoms with Gasteiger partial charge in [-0.15, -0.1) is 0 Å². The topological polar surface area (TPSA) is 84.5 Å². The number of hydrogen-bond donors (Lipinski definition) is 2. The number of amides is 2. The van der Waals surface area contributed by atoms with Crippen molar-refractivity contribution in [1.82, 2.24) is 10.6 Å². The standard InChI is InChI=1S/C15H18ClFN2O4/c1-3-6-18-14(21)9(2)19-13(20)8-23-15(22)11-5-4-10(16)7-12(11)17/h4-5,7,9H,3,6,8H2,1-2H3,(H,18,21)(H,19,20)/t9-/m0/s1. The van der Waals surface area contributed by atoms with Crippen molar-refractivity contribution in [2.24, 2.45) is 0 Å². The highest BCUT2D eigenvalue weighted by molar-refractivity contribution is 6.30. The van der Waals surface area contributed by atoms with Crippen molar-refractivity contribution in [2.45, 2.75) is 26.3 Å². The molecule has 0 saturated carbocycles. The van der Waals surface area contributed by atoms with E-state index in [9.17, 15) is 18.8 Å². The normalized spacial score (nSPS) is 11.5. The van der Waals surface area contributed by atoms with Crippen LogP contribution in [0.3, 0.4) is 0 Å². The molecule has 0 aliphatic rings. The molecule has 0 bridgehead atoms. The van der Waals surface area contributed by atoms with Gasteiger partial charge in [0.25, 0.3) is 5.91 Å². The summed E-state index contributed by atoms with van der Waals surface area (Å²) in [5.74, 6) is -2.82. The Morgan fingerprint density at radius 3 is 2.65 bits per heavy atom. The first-order valence-electron chi connectivity index (χ1n) is 7.04. The van der Waals surface area contributed by atoms with E-state index < -0.39 is 30.3 Å². The third-order valence-corrected chi connectivity index (χ3v) is 3.04. The first-order chi connectivity index (χ1) is 10.8. The lowest BCUT2D eigenvalue weighted by Crippen LogP contribution is -2.46. The van der Waals surface area contributed by atoms with Crippen molar-refractivity contribution in [1.29, 1.82) is 0 Å². The fourth-order valence-electron chi connectivity index (χ4n) is 1.61. The van der Waals surface area contributed by atoms with Crippen molar-refractivity contribution in [2.75, 3.05) is 13.2 Å². The summed E-state index contributed by atoms with van der Waals surface area (Å²) in [4.78, 5) is 34.9. The summed E-state index contributed by atoms with van der Waals surface area (Å²) in [7, 11) is 0. The molecule has 0 unspecified atom stereocenters. The van der Waals surface area contributed by atoms with Crippen LogP contribution in [0, 0.1) is 5.82 Å². The average Bonchev–Trinajstić information content (AvgIpc) is 2.50. The van der Waals surface area contributed by atoms with Crippen LogP contribution in [0.25, 0.3) is 0 Å². The van der Waals surface area contributed by atoms with Crippen LogP contribution in [-0.2, 0) is 14.3 Å². The Labute approximate surface area is 138 Å². The van der Waals surface area contributed by atoms with E-state index in [4.69, 9.17) is 16.3 Å². The Morgan fingerprint density at radius 1 is 1.35 bits per heavy atom. The van der Waals surface area contributed by atoms with Crippen LogP contribution in [0.4, 0.5) is 4.39 Å². The first kappa shape index (κ1) is 18.9. The maximum atomic E-state index is 13.5. The van der Waals surface area contributed by atoms with Crippen LogP contribution in [0.2, 0.25) is 5.02 Å². The number of benzene rings is 1. The minimum Gasteiger partial charge on any atom is -0.452 e.